The molecule has 1 rings (SSSR count). The van der Waals surface area contributed by atoms with Crippen LogP contribution < -0.4 is 5.32 Å². The van der Waals surface area contributed by atoms with Gasteiger partial charge in [0.15, 0.2) is 0 Å². The zero-order valence-electron chi connectivity index (χ0n) is 9.48. The fourth-order valence-electron chi connectivity index (χ4n) is 1.39. The van der Waals surface area contributed by atoms with Crippen LogP contribution in [0.2, 0.25) is 0 Å². The van der Waals surface area contributed by atoms with Crippen LogP contribution in [0.15, 0.2) is 43.0 Å². The molecule has 1 aromatic rings. The van der Waals surface area contributed by atoms with Crippen LogP contribution in [0.1, 0.15) is 12.5 Å². The Morgan fingerprint density at radius 1 is 1.50 bits per heavy atom. The van der Waals surface area contributed by atoms with Crippen molar-refractivity contribution in [3.63, 3.8) is 0 Å². The lowest BCUT2D eigenvalue weighted by Gasteiger charge is -2.14. The average Bonchev–Trinajstić information content (AvgIpc) is 2.30. The van der Waals surface area contributed by atoms with Crippen LogP contribution in [-0.2, 0) is 11.2 Å². The van der Waals surface area contributed by atoms with Gasteiger partial charge in [-0.15, -0.1) is 6.58 Å². The molecule has 0 bridgehead atoms. The van der Waals surface area contributed by atoms with Gasteiger partial charge in [0.1, 0.15) is 0 Å². The van der Waals surface area contributed by atoms with E-state index in [1.165, 1.54) is 0 Å². The largest absolute Gasteiger partial charge is 0.450 e. The van der Waals surface area contributed by atoms with Gasteiger partial charge in [-0.2, -0.15) is 0 Å². The molecule has 1 aromatic carbocycles. The molecule has 0 aliphatic heterocycles. The Labute approximate surface area is 96.1 Å². The molecule has 3 nitrogen and oxygen atoms in total. The summed E-state index contributed by atoms with van der Waals surface area (Å²) < 4.78 is 4.81. The van der Waals surface area contributed by atoms with Crippen molar-refractivity contribution in [2.75, 3.05) is 6.61 Å². The Kier molecular flexibility index (Phi) is 5.12. The summed E-state index contributed by atoms with van der Waals surface area (Å²) >= 11 is 0. The topological polar surface area (TPSA) is 38.3 Å². The highest BCUT2D eigenvalue weighted by Gasteiger charge is 2.09. The van der Waals surface area contributed by atoms with Crippen LogP contribution in [0.25, 0.3) is 0 Å². The van der Waals surface area contributed by atoms with Gasteiger partial charge in [0.05, 0.1) is 12.6 Å². The maximum Gasteiger partial charge on any atom is 0.407 e. The number of rotatable bonds is 5. The second-order valence-electron chi connectivity index (χ2n) is 3.40. The van der Waals surface area contributed by atoms with E-state index in [0.29, 0.717) is 6.61 Å². The molecule has 1 N–H and O–H groups in total. The number of alkyl carbamates (subject to hydrolysis) is 1. The maximum atomic E-state index is 11.2. The minimum Gasteiger partial charge on any atom is -0.450 e. The van der Waals surface area contributed by atoms with Crippen molar-refractivity contribution < 1.29 is 9.53 Å². The molecule has 16 heavy (non-hydrogen) atoms. The Hall–Kier alpha value is -1.77. The van der Waals surface area contributed by atoms with Gasteiger partial charge in [-0.25, -0.2) is 4.79 Å². The number of hydrogen-bond acceptors (Lipinski definition) is 2. The quantitative estimate of drug-likeness (QED) is 0.773. The SMILES string of the molecule is C=C[C@H](Cc1ccccc1)NC(=O)OCC. The summed E-state index contributed by atoms with van der Waals surface area (Å²) in [4.78, 5) is 11.2. The predicted octanol–water partition coefficient (Wildman–Crippen LogP) is 2.53. The van der Waals surface area contributed by atoms with Gasteiger partial charge in [-0.3, -0.25) is 0 Å². The molecule has 3 heteroatoms. The molecule has 0 radical (unpaired) electrons. The number of carbonyl (C=O) groups excluding carboxylic acids is 1. The number of nitrogens with one attached hydrogen (secondary N) is 1. The van der Waals surface area contributed by atoms with E-state index in [1.54, 1.807) is 13.0 Å². The standard InChI is InChI=1S/C13H17NO2/c1-3-12(14-13(15)16-4-2)10-11-8-6-5-7-9-11/h3,5-9,12H,1,4,10H2,2H3,(H,14,15)/t12-/m1/s1. The Morgan fingerprint density at radius 3 is 2.75 bits per heavy atom. The molecule has 0 aliphatic carbocycles. The van der Waals surface area contributed by atoms with E-state index in [4.69, 9.17) is 4.74 Å². The zero-order valence-corrected chi connectivity index (χ0v) is 9.48. The van der Waals surface area contributed by atoms with E-state index in [9.17, 15) is 4.79 Å². The van der Waals surface area contributed by atoms with Crippen LogP contribution in [-0.4, -0.2) is 18.7 Å². The number of ether oxygens (including phenoxy) is 1. The van der Waals surface area contributed by atoms with Crippen LogP contribution in [0.4, 0.5) is 4.79 Å². The van der Waals surface area contributed by atoms with Gasteiger partial charge in [-0.05, 0) is 18.9 Å². The van der Waals surface area contributed by atoms with Crippen molar-refractivity contribution in [3.05, 3.63) is 48.6 Å². The molecule has 0 heterocycles. The monoisotopic (exact) mass is 219 g/mol. The van der Waals surface area contributed by atoms with Gasteiger partial charge >= 0.3 is 6.09 Å². The first-order chi connectivity index (χ1) is 7.76. The minimum atomic E-state index is -0.400. The van der Waals surface area contributed by atoms with Gasteiger partial charge in [-0.1, -0.05) is 36.4 Å². The summed E-state index contributed by atoms with van der Waals surface area (Å²) in [5.74, 6) is 0. The summed E-state index contributed by atoms with van der Waals surface area (Å²) in [6.45, 7) is 5.85. The lowest BCUT2D eigenvalue weighted by molar-refractivity contribution is 0.150. The molecule has 0 aliphatic rings. The highest BCUT2D eigenvalue weighted by Crippen LogP contribution is 2.03. The van der Waals surface area contributed by atoms with E-state index in [0.717, 1.165) is 12.0 Å². The van der Waals surface area contributed by atoms with Crippen LogP contribution >= 0.6 is 0 Å². The van der Waals surface area contributed by atoms with Crippen LogP contribution in [0.3, 0.4) is 0 Å². The molecule has 0 aromatic heterocycles. The number of amides is 1. The third kappa shape index (κ3) is 4.17. The Morgan fingerprint density at radius 2 is 2.19 bits per heavy atom. The van der Waals surface area contributed by atoms with Gasteiger partial charge in [0, 0.05) is 0 Å². The van der Waals surface area contributed by atoms with Gasteiger partial charge < -0.3 is 10.1 Å². The Balaban J connectivity index is 2.49. The third-order valence-electron chi connectivity index (χ3n) is 2.16. The molecule has 1 amide bonds. The Bertz CT molecular complexity index is 335. The van der Waals surface area contributed by atoms with Crippen molar-refractivity contribution in [1.29, 1.82) is 0 Å². The fourth-order valence-corrected chi connectivity index (χ4v) is 1.39. The van der Waals surface area contributed by atoms with Crippen LogP contribution in [0.5, 0.6) is 0 Å². The molecule has 86 valence electrons. The molecular formula is C13H17NO2. The van der Waals surface area contributed by atoms with Crippen molar-refractivity contribution >= 4 is 6.09 Å². The first-order valence-electron chi connectivity index (χ1n) is 5.36. The highest BCUT2D eigenvalue weighted by atomic mass is 16.5. The normalized spacial score (nSPS) is 11.6. The molecule has 0 saturated carbocycles. The molecule has 0 unspecified atom stereocenters. The van der Waals surface area contributed by atoms with Crippen molar-refractivity contribution in [2.45, 2.75) is 19.4 Å². The fraction of sp³-hybridized carbons (Fsp3) is 0.308. The number of hydrogen-bond donors (Lipinski definition) is 1. The smallest absolute Gasteiger partial charge is 0.407 e. The summed E-state index contributed by atoms with van der Waals surface area (Å²) in [5, 5.41) is 2.74. The average molecular weight is 219 g/mol. The molecule has 0 fully saturated rings. The molecule has 0 spiro atoms. The van der Waals surface area contributed by atoms with E-state index < -0.39 is 6.09 Å². The lowest BCUT2D eigenvalue weighted by atomic mass is 10.1. The minimum absolute atomic E-state index is 0.0959. The van der Waals surface area contributed by atoms with Crippen molar-refractivity contribution in [2.24, 2.45) is 0 Å². The number of carbonyl (C=O) groups is 1. The van der Waals surface area contributed by atoms with Crippen molar-refractivity contribution in [3.8, 4) is 0 Å². The first kappa shape index (κ1) is 12.3. The third-order valence-corrected chi connectivity index (χ3v) is 2.16. The predicted molar refractivity (Wildman–Crippen MR) is 64.3 cm³/mol. The molecule has 1 atom stereocenters. The molecular weight excluding hydrogens is 202 g/mol. The number of benzene rings is 1. The summed E-state index contributed by atoms with van der Waals surface area (Å²) in [6.07, 6.45) is 2.04. The van der Waals surface area contributed by atoms with E-state index in [2.05, 4.69) is 11.9 Å². The summed E-state index contributed by atoms with van der Waals surface area (Å²) in [5.41, 5.74) is 1.16. The summed E-state index contributed by atoms with van der Waals surface area (Å²) in [6, 6.07) is 9.85. The first-order valence-corrected chi connectivity index (χ1v) is 5.36. The van der Waals surface area contributed by atoms with Crippen molar-refractivity contribution in [1.82, 2.24) is 5.32 Å². The zero-order chi connectivity index (χ0) is 11.8. The van der Waals surface area contributed by atoms with Gasteiger partial charge in [0.25, 0.3) is 0 Å². The van der Waals surface area contributed by atoms with E-state index in [-0.39, 0.29) is 6.04 Å². The second kappa shape index (κ2) is 6.67. The van der Waals surface area contributed by atoms with E-state index in [1.807, 2.05) is 30.3 Å². The summed E-state index contributed by atoms with van der Waals surface area (Å²) in [7, 11) is 0. The lowest BCUT2D eigenvalue weighted by Crippen LogP contribution is -2.35. The maximum absolute atomic E-state index is 11.2. The second-order valence-corrected chi connectivity index (χ2v) is 3.40. The highest BCUT2D eigenvalue weighted by molar-refractivity contribution is 5.67. The van der Waals surface area contributed by atoms with Crippen LogP contribution in [0, 0.1) is 0 Å². The van der Waals surface area contributed by atoms with Gasteiger partial charge in [0.2, 0.25) is 0 Å². The molecule has 0 saturated heterocycles. The van der Waals surface area contributed by atoms with E-state index >= 15 is 0 Å².